The van der Waals surface area contributed by atoms with Gasteiger partial charge in [0, 0.05) is 91.5 Å². The number of hydrogen-bond acceptors (Lipinski definition) is 4. The molecule has 0 fully saturated rings. The van der Waals surface area contributed by atoms with Crippen LogP contribution in [0.2, 0.25) is 0 Å². The van der Waals surface area contributed by atoms with Crippen LogP contribution < -0.4 is 0 Å². The summed E-state index contributed by atoms with van der Waals surface area (Å²) in [5, 5.41) is 16.8. The molecule has 0 atom stereocenters. The highest BCUT2D eigenvalue weighted by Crippen LogP contribution is 2.44. The van der Waals surface area contributed by atoms with E-state index in [1.807, 2.05) is 18.3 Å². The van der Waals surface area contributed by atoms with Gasteiger partial charge in [0.05, 0.1) is 67.1 Å². The standard InChI is InChI=1S/C47H28N4O.C35H21N3S/c1-7-19-38-30(13-1)31-14-2-8-20-39(31)49(38)29-25-26-43-36(27-29)34-17-5-11-23-42(34)51(43)47-46-37(35-18-6-12-24-44(35)52-46)28-45(48-47)50-40-21-9-3-15-32(40)33-16-4-10-22-41(33)50;1-5-13-30-24(9-1)25-10-2-6-14-31(25)37(30)22-17-18-34-28(19-22)29-20-23(21-36-35(29)39-34)38-32-15-7-3-11-26(32)27-12-4-8-16-33(27)38/h1-28H;1-21H. The summed E-state index contributed by atoms with van der Waals surface area (Å²) in [7, 11) is 0. The number of aromatic nitrogens is 7. The number of pyridine rings is 2. The van der Waals surface area contributed by atoms with Gasteiger partial charge in [-0.05, 0) is 109 Å². The van der Waals surface area contributed by atoms with Gasteiger partial charge in [-0.3, -0.25) is 9.13 Å². The molecule has 0 saturated heterocycles. The van der Waals surface area contributed by atoms with Gasteiger partial charge >= 0.3 is 0 Å². The first-order valence-corrected chi connectivity index (χ1v) is 31.6. The van der Waals surface area contributed by atoms with Crippen molar-refractivity contribution in [2.75, 3.05) is 0 Å². The Labute approximate surface area is 522 Å². The van der Waals surface area contributed by atoms with E-state index < -0.39 is 0 Å². The van der Waals surface area contributed by atoms with Crippen molar-refractivity contribution in [2.24, 2.45) is 0 Å². The smallest absolute Gasteiger partial charge is 0.183 e. The molecule has 12 aromatic carbocycles. The predicted octanol–water partition coefficient (Wildman–Crippen LogP) is 21.9. The van der Waals surface area contributed by atoms with Crippen LogP contribution in [0.3, 0.4) is 0 Å². The number of hydrogen-bond donors (Lipinski definition) is 0. The van der Waals surface area contributed by atoms with E-state index in [1.165, 1.54) is 97.3 Å². The molecule has 9 heterocycles. The van der Waals surface area contributed by atoms with Gasteiger partial charge < -0.3 is 18.1 Å². The minimum absolute atomic E-state index is 0.764. The summed E-state index contributed by atoms with van der Waals surface area (Å²) in [5.74, 6) is 1.61. The highest BCUT2D eigenvalue weighted by molar-refractivity contribution is 7.25. The van der Waals surface area contributed by atoms with Gasteiger partial charge in [-0.15, -0.1) is 11.3 Å². The fourth-order valence-corrected chi connectivity index (χ4v) is 16.0. The monoisotopic (exact) mass is 1180 g/mol. The van der Waals surface area contributed by atoms with Crippen molar-refractivity contribution in [1.82, 2.24) is 32.8 Å². The maximum absolute atomic E-state index is 6.73. The second-order valence-corrected chi connectivity index (χ2v) is 24.7. The van der Waals surface area contributed by atoms with Gasteiger partial charge in [0.2, 0.25) is 0 Å². The fourth-order valence-electron chi connectivity index (χ4n) is 15.0. The van der Waals surface area contributed by atoms with Crippen LogP contribution in [0.5, 0.6) is 0 Å². The van der Waals surface area contributed by atoms with E-state index in [9.17, 15) is 0 Å². The summed E-state index contributed by atoms with van der Waals surface area (Å²) in [5.41, 5.74) is 16.6. The maximum atomic E-state index is 6.73. The van der Waals surface area contributed by atoms with E-state index in [0.717, 1.165) is 82.6 Å². The number of furan rings is 1. The molecule has 0 radical (unpaired) electrons. The molecule has 0 aliphatic rings. The fraction of sp³-hybridized carbons (Fsp3) is 0. The average molecular weight is 1180 g/mol. The van der Waals surface area contributed by atoms with Gasteiger partial charge in [-0.2, -0.15) is 0 Å². The number of thiophene rings is 1. The lowest BCUT2D eigenvalue weighted by atomic mass is 10.1. The van der Waals surface area contributed by atoms with E-state index in [0.29, 0.717) is 0 Å². The molecule has 21 aromatic rings. The van der Waals surface area contributed by atoms with Crippen LogP contribution in [-0.2, 0) is 0 Å². The van der Waals surface area contributed by atoms with Crippen molar-refractivity contribution in [3.63, 3.8) is 0 Å². The zero-order chi connectivity index (χ0) is 59.4. The molecule has 91 heavy (non-hydrogen) atoms. The molecule has 0 N–H and O–H groups in total. The largest absolute Gasteiger partial charge is 0.452 e. The normalized spacial score (nSPS) is 12.2. The molecule has 0 aliphatic heterocycles. The van der Waals surface area contributed by atoms with Crippen LogP contribution in [0.4, 0.5) is 0 Å². The lowest BCUT2D eigenvalue weighted by Gasteiger charge is -2.13. The Balaban J connectivity index is 0.000000132. The predicted molar refractivity (Wildman–Crippen MR) is 380 cm³/mol. The van der Waals surface area contributed by atoms with Crippen LogP contribution in [0, 0.1) is 0 Å². The first-order valence-electron chi connectivity index (χ1n) is 30.8. The molecular weight excluding hydrogens is 1130 g/mol. The third-order valence-corrected chi connectivity index (χ3v) is 19.9. The molecule has 0 bridgehead atoms. The zero-order valence-corrected chi connectivity index (χ0v) is 49.6. The van der Waals surface area contributed by atoms with Crippen LogP contribution in [-0.4, -0.2) is 32.8 Å². The number of fused-ring (bicyclic) bond motifs is 21. The van der Waals surface area contributed by atoms with Crippen LogP contribution >= 0.6 is 11.3 Å². The van der Waals surface area contributed by atoms with E-state index in [1.54, 1.807) is 11.3 Å². The molecule has 0 amide bonds. The van der Waals surface area contributed by atoms with Crippen LogP contribution in [0.15, 0.2) is 302 Å². The number of para-hydroxylation sites is 10. The molecule has 424 valence electrons. The zero-order valence-electron chi connectivity index (χ0n) is 48.7. The van der Waals surface area contributed by atoms with E-state index in [2.05, 4.69) is 302 Å². The second-order valence-electron chi connectivity index (χ2n) is 23.6. The average Bonchev–Trinajstić information content (AvgIpc) is 1.59. The Hall–Kier alpha value is -12.0. The minimum atomic E-state index is 0.764. The minimum Gasteiger partial charge on any atom is -0.452 e. The van der Waals surface area contributed by atoms with Gasteiger partial charge in [0.15, 0.2) is 11.4 Å². The van der Waals surface area contributed by atoms with E-state index in [4.69, 9.17) is 14.4 Å². The van der Waals surface area contributed by atoms with Gasteiger partial charge in [-0.25, -0.2) is 9.97 Å². The first-order chi connectivity index (χ1) is 45.2. The highest BCUT2D eigenvalue weighted by atomic mass is 32.1. The molecule has 8 nitrogen and oxygen atoms in total. The Kier molecular flexibility index (Phi) is 10.6. The molecule has 9 aromatic heterocycles. The summed E-state index contributed by atoms with van der Waals surface area (Å²) in [6.45, 7) is 0. The van der Waals surface area contributed by atoms with Crippen LogP contribution in [0.1, 0.15) is 0 Å². The van der Waals surface area contributed by atoms with Crippen molar-refractivity contribution in [3.05, 3.63) is 297 Å². The number of nitrogens with zero attached hydrogens (tertiary/aromatic N) is 7. The molecule has 21 rings (SSSR count). The summed E-state index contributed by atoms with van der Waals surface area (Å²) >= 11 is 1.76. The summed E-state index contributed by atoms with van der Waals surface area (Å²) in [6, 6.07) is 104. The number of benzene rings is 12. The van der Waals surface area contributed by atoms with Crippen molar-refractivity contribution in [3.8, 4) is 28.7 Å². The molecule has 0 aliphatic carbocycles. The quantitative estimate of drug-likeness (QED) is 0.172. The van der Waals surface area contributed by atoms with E-state index >= 15 is 0 Å². The Morgan fingerprint density at radius 3 is 1.09 bits per heavy atom. The lowest BCUT2D eigenvalue weighted by molar-refractivity contribution is 0.663. The topological polar surface area (TPSA) is 63.6 Å². The van der Waals surface area contributed by atoms with Crippen molar-refractivity contribution < 1.29 is 4.42 Å². The highest BCUT2D eigenvalue weighted by Gasteiger charge is 2.24. The molecule has 0 saturated carbocycles. The van der Waals surface area contributed by atoms with Gasteiger partial charge in [0.25, 0.3) is 0 Å². The maximum Gasteiger partial charge on any atom is 0.183 e. The SMILES string of the molecule is c1ccc2c(c1)c1ccccc1n2-c1ccc2sc3ncc(-n4c5ccccc5c5ccccc54)cc3c2c1.c1ccc2c(c1)oc1c(-n3c4ccccc4c4cc(-n5c6ccccc6c6ccccc65)ccc43)nc(-n3c4ccccc4c4ccccc43)cc12. The lowest BCUT2D eigenvalue weighted by Crippen LogP contribution is -2.04. The van der Waals surface area contributed by atoms with E-state index in [-0.39, 0.29) is 0 Å². The third-order valence-electron chi connectivity index (χ3n) is 18.8. The first kappa shape index (κ1) is 50.0. The molecular formula is C82H49N7OS. The van der Waals surface area contributed by atoms with Gasteiger partial charge in [-0.1, -0.05) is 182 Å². The molecule has 0 spiro atoms. The van der Waals surface area contributed by atoms with Crippen molar-refractivity contribution in [1.29, 1.82) is 0 Å². The van der Waals surface area contributed by atoms with Crippen LogP contribution in [0.25, 0.3) is 180 Å². The summed E-state index contributed by atoms with van der Waals surface area (Å²) in [4.78, 5) is 11.6. The Morgan fingerprint density at radius 1 is 0.264 bits per heavy atom. The summed E-state index contributed by atoms with van der Waals surface area (Å²) < 4.78 is 19.7. The summed E-state index contributed by atoms with van der Waals surface area (Å²) in [6.07, 6.45) is 2.02. The Morgan fingerprint density at radius 2 is 0.615 bits per heavy atom. The third kappa shape index (κ3) is 7.26. The second kappa shape index (κ2) is 19.2. The Bertz CT molecular complexity index is 6240. The van der Waals surface area contributed by atoms with Crippen molar-refractivity contribution in [2.45, 2.75) is 0 Å². The van der Waals surface area contributed by atoms with Crippen molar-refractivity contribution >= 4 is 163 Å². The van der Waals surface area contributed by atoms with Gasteiger partial charge in [0.1, 0.15) is 16.2 Å². The molecule has 0 unspecified atom stereocenters. The number of rotatable bonds is 5. The molecule has 9 heteroatoms.